The van der Waals surface area contributed by atoms with Crippen molar-refractivity contribution in [3.63, 3.8) is 0 Å². The molecule has 0 amide bonds. The summed E-state index contributed by atoms with van der Waals surface area (Å²) in [6, 6.07) is 13.1. The van der Waals surface area contributed by atoms with Crippen LogP contribution in [0.1, 0.15) is 0 Å². The molecular weight excluding hydrogens is 292 g/mol. The fourth-order valence-corrected chi connectivity index (χ4v) is 2.26. The second-order valence-electron chi connectivity index (χ2n) is 4.74. The molecule has 112 valence electrons. The first kappa shape index (κ1) is 13.1. The zero-order chi connectivity index (χ0) is 15.6. The van der Waals surface area contributed by atoms with Gasteiger partial charge in [0, 0.05) is 6.20 Å². The van der Waals surface area contributed by atoms with E-state index in [1.165, 1.54) is 6.33 Å². The Morgan fingerprint density at radius 3 is 2.65 bits per heavy atom. The van der Waals surface area contributed by atoms with Crippen LogP contribution in [0.4, 0.5) is 17.7 Å². The monoisotopic (exact) mass is 304 g/mol. The Bertz CT molecular complexity index is 964. The fourth-order valence-electron chi connectivity index (χ4n) is 2.26. The number of pyridine rings is 1. The Labute approximate surface area is 131 Å². The third-order valence-electron chi connectivity index (χ3n) is 3.25. The van der Waals surface area contributed by atoms with Crippen LogP contribution in [-0.2, 0) is 0 Å². The molecule has 8 nitrogen and oxygen atoms in total. The predicted molar refractivity (Wildman–Crippen MR) is 86.4 cm³/mol. The molecule has 4 aromatic rings. The van der Waals surface area contributed by atoms with E-state index in [2.05, 4.69) is 30.2 Å². The lowest BCUT2D eigenvalue weighted by molar-refractivity contribution is 0.925. The summed E-state index contributed by atoms with van der Waals surface area (Å²) in [7, 11) is 0. The van der Waals surface area contributed by atoms with Crippen LogP contribution in [0.25, 0.3) is 17.0 Å². The van der Waals surface area contributed by atoms with E-state index in [0.717, 1.165) is 11.0 Å². The van der Waals surface area contributed by atoms with E-state index in [9.17, 15) is 0 Å². The van der Waals surface area contributed by atoms with Gasteiger partial charge in [0.1, 0.15) is 12.1 Å². The highest BCUT2D eigenvalue weighted by Gasteiger charge is 2.12. The number of benzene rings is 1. The van der Waals surface area contributed by atoms with Crippen LogP contribution in [0.5, 0.6) is 0 Å². The minimum atomic E-state index is 0.321. The Kier molecular flexibility index (Phi) is 3.05. The number of nitrogens with two attached hydrogens (primary N) is 1. The van der Waals surface area contributed by atoms with Crippen molar-refractivity contribution in [1.29, 1.82) is 0 Å². The molecule has 0 saturated carbocycles. The molecular formula is C15H12N8. The molecule has 0 aliphatic rings. The minimum absolute atomic E-state index is 0.321. The topological polar surface area (TPSA) is 107 Å². The van der Waals surface area contributed by atoms with Gasteiger partial charge in [-0.1, -0.05) is 18.2 Å². The zero-order valence-corrected chi connectivity index (χ0v) is 12.0. The Morgan fingerprint density at radius 2 is 1.78 bits per heavy atom. The summed E-state index contributed by atoms with van der Waals surface area (Å²) < 4.78 is 1.68. The van der Waals surface area contributed by atoms with E-state index < -0.39 is 0 Å². The maximum Gasteiger partial charge on any atom is 0.241 e. The molecule has 4 rings (SSSR count). The van der Waals surface area contributed by atoms with Gasteiger partial charge >= 0.3 is 0 Å². The van der Waals surface area contributed by atoms with Gasteiger partial charge in [0.2, 0.25) is 17.8 Å². The summed E-state index contributed by atoms with van der Waals surface area (Å²) in [5, 5.41) is 3.03. The van der Waals surface area contributed by atoms with Gasteiger partial charge in [-0.25, -0.2) is 24.5 Å². The van der Waals surface area contributed by atoms with Crippen LogP contribution in [0.2, 0.25) is 0 Å². The highest BCUT2D eigenvalue weighted by atomic mass is 15.3. The molecule has 3 aromatic heterocycles. The Morgan fingerprint density at radius 1 is 0.913 bits per heavy atom. The molecule has 8 heteroatoms. The highest BCUT2D eigenvalue weighted by molar-refractivity contribution is 5.80. The van der Waals surface area contributed by atoms with Crippen LogP contribution < -0.4 is 11.1 Å². The predicted octanol–water partition coefficient (Wildman–Crippen LogP) is 1.93. The quantitative estimate of drug-likeness (QED) is 0.595. The Balaban J connectivity index is 1.77. The summed E-state index contributed by atoms with van der Waals surface area (Å²) in [6.45, 7) is 0. The summed E-state index contributed by atoms with van der Waals surface area (Å²) in [6.07, 6.45) is 3.10. The lowest BCUT2D eigenvalue weighted by atomic mass is 10.3. The maximum atomic E-state index is 6.01. The lowest BCUT2D eigenvalue weighted by Gasteiger charge is -2.07. The van der Waals surface area contributed by atoms with E-state index in [1.807, 2.05) is 42.5 Å². The largest absolute Gasteiger partial charge is 0.369 e. The number of nitrogen functional groups attached to an aromatic ring is 1. The van der Waals surface area contributed by atoms with Crippen molar-refractivity contribution < 1.29 is 0 Å². The van der Waals surface area contributed by atoms with Gasteiger partial charge in [-0.2, -0.15) is 4.98 Å². The first-order valence-electron chi connectivity index (χ1n) is 6.92. The number of rotatable bonds is 3. The van der Waals surface area contributed by atoms with E-state index in [1.54, 1.807) is 10.8 Å². The van der Waals surface area contributed by atoms with Gasteiger partial charge in [-0.15, -0.1) is 0 Å². The molecule has 0 fully saturated rings. The molecule has 0 radical (unpaired) electrons. The number of nitrogens with one attached hydrogen (secondary N) is 1. The standard InChI is InChI=1S/C15H12N8/c16-13-20-10-5-1-2-6-11(10)23(13)15-19-9-18-14(22-15)21-12-7-3-4-8-17-12/h1-9H,(H2,16,20)(H,17,18,19,21,22). The van der Waals surface area contributed by atoms with Gasteiger partial charge in [0.25, 0.3) is 0 Å². The summed E-state index contributed by atoms with van der Waals surface area (Å²) in [5.41, 5.74) is 7.62. The molecule has 0 aliphatic carbocycles. The van der Waals surface area contributed by atoms with Gasteiger partial charge in [-0.05, 0) is 24.3 Å². The number of hydrogen-bond acceptors (Lipinski definition) is 7. The SMILES string of the molecule is Nc1nc2ccccc2n1-c1ncnc(Nc2ccccn2)n1. The first-order chi connectivity index (χ1) is 11.3. The molecule has 3 N–H and O–H groups in total. The number of nitrogens with zero attached hydrogens (tertiary/aromatic N) is 6. The van der Waals surface area contributed by atoms with Crippen molar-refractivity contribution in [2.24, 2.45) is 0 Å². The zero-order valence-electron chi connectivity index (χ0n) is 12.0. The number of para-hydroxylation sites is 2. The maximum absolute atomic E-state index is 6.01. The number of anilines is 3. The van der Waals surface area contributed by atoms with E-state index in [-0.39, 0.29) is 0 Å². The van der Waals surface area contributed by atoms with E-state index in [0.29, 0.717) is 23.7 Å². The summed E-state index contributed by atoms with van der Waals surface area (Å²) in [4.78, 5) is 21.2. The fraction of sp³-hybridized carbons (Fsp3) is 0. The number of fused-ring (bicyclic) bond motifs is 1. The van der Waals surface area contributed by atoms with E-state index in [4.69, 9.17) is 5.73 Å². The highest BCUT2D eigenvalue weighted by Crippen LogP contribution is 2.21. The molecule has 23 heavy (non-hydrogen) atoms. The second-order valence-corrected chi connectivity index (χ2v) is 4.74. The average Bonchev–Trinajstić information content (AvgIpc) is 2.92. The Hall–Kier alpha value is -3.55. The molecule has 3 heterocycles. The van der Waals surface area contributed by atoms with Crippen LogP contribution in [-0.4, -0.2) is 29.5 Å². The smallest absolute Gasteiger partial charge is 0.241 e. The second kappa shape index (κ2) is 5.34. The van der Waals surface area contributed by atoms with Crippen molar-refractivity contribution in [2.45, 2.75) is 0 Å². The lowest BCUT2D eigenvalue weighted by Crippen LogP contribution is -2.08. The van der Waals surface area contributed by atoms with Gasteiger partial charge in [0.15, 0.2) is 0 Å². The molecule has 0 bridgehead atoms. The average molecular weight is 304 g/mol. The number of hydrogen-bond donors (Lipinski definition) is 2. The van der Waals surface area contributed by atoms with Gasteiger partial charge < -0.3 is 11.1 Å². The van der Waals surface area contributed by atoms with Crippen molar-refractivity contribution in [2.75, 3.05) is 11.1 Å². The normalized spacial score (nSPS) is 10.8. The van der Waals surface area contributed by atoms with Crippen molar-refractivity contribution in [1.82, 2.24) is 29.5 Å². The van der Waals surface area contributed by atoms with Gasteiger partial charge in [0.05, 0.1) is 11.0 Å². The molecule has 0 saturated heterocycles. The van der Waals surface area contributed by atoms with Crippen LogP contribution in [0.15, 0.2) is 55.0 Å². The third-order valence-corrected chi connectivity index (χ3v) is 3.25. The van der Waals surface area contributed by atoms with Crippen LogP contribution in [0, 0.1) is 0 Å². The van der Waals surface area contributed by atoms with Crippen molar-refractivity contribution in [3.05, 3.63) is 55.0 Å². The molecule has 0 unspecified atom stereocenters. The molecule has 0 atom stereocenters. The summed E-state index contributed by atoms with van der Waals surface area (Å²) in [5.74, 6) is 1.74. The minimum Gasteiger partial charge on any atom is -0.369 e. The van der Waals surface area contributed by atoms with E-state index >= 15 is 0 Å². The third kappa shape index (κ3) is 2.42. The van der Waals surface area contributed by atoms with Crippen molar-refractivity contribution >= 4 is 28.7 Å². The number of imidazole rings is 1. The van der Waals surface area contributed by atoms with Gasteiger partial charge in [-0.3, -0.25) is 0 Å². The first-order valence-corrected chi connectivity index (χ1v) is 6.92. The molecule has 0 aliphatic heterocycles. The van der Waals surface area contributed by atoms with Crippen molar-refractivity contribution in [3.8, 4) is 5.95 Å². The molecule has 0 spiro atoms. The van der Waals surface area contributed by atoms with Crippen LogP contribution >= 0.6 is 0 Å². The van der Waals surface area contributed by atoms with Crippen LogP contribution in [0.3, 0.4) is 0 Å². The molecule has 1 aromatic carbocycles. The number of aromatic nitrogens is 6. The summed E-state index contributed by atoms with van der Waals surface area (Å²) >= 11 is 0.